The first-order valence-electron chi connectivity index (χ1n) is 12.3. The van der Waals surface area contributed by atoms with E-state index in [0.29, 0.717) is 11.7 Å². The van der Waals surface area contributed by atoms with Gasteiger partial charge in [-0.25, -0.2) is 8.78 Å². The van der Waals surface area contributed by atoms with Crippen molar-refractivity contribution >= 4 is 28.9 Å². The van der Waals surface area contributed by atoms with Gasteiger partial charge in [-0.3, -0.25) is 9.78 Å². The third kappa shape index (κ3) is 5.02. The molecule has 0 unspecified atom stereocenters. The zero-order chi connectivity index (χ0) is 26.8. The number of nitrogens with zero attached hydrogens (tertiary/aromatic N) is 3. The molecule has 2 N–H and O–H groups in total. The Hall–Kier alpha value is -4.11. The molecule has 1 saturated heterocycles. The molecule has 1 fully saturated rings. The lowest BCUT2D eigenvalue weighted by Gasteiger charge is -2.28. The Bertz CT molecular complexity index is 1490. The van der Waals surface area contributed by atoms with E-state index >= 15 is 0 Å². The number of hydrogen-bond acceptors (Lipinski definition) is 3. The molecular formula is C29H27F2N5OS. The fourth-order valence-electron chi connectivity index (χ4n) is 5.08. The molecule has 2 atom stereocenters. The van der Waals surface area contributed by atoms with E-state index in [1.807, 2.05) is 47.6 Å². The molecule has 0 spiro atoms. The Labute approximate surface area is 225 Å². The van der Waals surface area contributed by atoms with Gasteiger partial charge >= 0.3 is 0 Å². The van der Waals surface area contributed by atoms with Crippen LogP contribution in [0.2, 0.25) is 0 Å². The van der Waals surface area contributed by atoms with Crippen LogP contribution in [0.4, 0.5) is 14.5 Å². The van der Waals surface area contributed by atoms with Crippen molar-refractivity contribution in [1.82, 2.24) is 19.8 Å². The van der Waals surface area contributed by atoms with Crippen molar-refractivity contribution in [2.75, 3.05) is 11.9 Å². The number of rotatable bonds is 7. The first-order chi connectivity index (χ1) is 18.3. The van der Waals surface area contributed by atoms with E-state index < -0.39 is 5.82 Å². The summed E-state index contributed by atoms with van der Waals surface area (Å²) in [4.78, 5) is 19.3. The molecule has 3 heterocycles. The third-order valence-electron chi connectivity index (χ3n) is 6.78. The molecule has 38 heavy (non-hydrogen) atoms. The normalized spacial score (nSPS) is 16.9. The molecule has 0 aliphatic carbocycles. The van der Waals surface area contributed by atoms with E-state index in [1.165, 1.54) is 24.3 Å². The smallest absolute Gasteiger partial charge is 0.226 e. The van der Waals surface area contributed by atoms with Gasteiger partial charge in [-0.1, -0.05) is 24.3 Å². The lowest BCUT2D eigenvalue weighted by molar-refractivity contribution is -0.116. The number of anilines is 1. The lowest BCUT2D eigenvalue weighted by Crippen LogP contribution is -2.33. The molecular weight excluding hydrogens is 504 g/mol. The van der Waals surface area contributed by atoms with Gasteiger partial charge in [-0.05, 0) is 80.2 Å². The quantitative estimate of drug-likeness (QED) is 0.297. The molecule has 1 amide bonds. The average molecular weight is 532 g/mol. The van der Waals surface area contributed by atoms with E-state index in [-0.39, 0.29) is 35.9 Å². The van der Waals surface area contributed by atoms with Crippen LogP contribution in [-0.2, 0) is 4.79 Å². The fourth-order valence-corrected chi connectivity index (χ4v) is 5.41. The molecule has 0 bridgehead atoms. The van der Waals surface area contributed by atoms with E-state index in [2.05, 4.69) is 21.7 Å². The van der Waals surface area contributed by atoms with Crippen molar-refractivity contribution < 1.29 is 13.6 Å². The Balaban J connectivity index is 1.48. The van der Waals surface area contributed by atoms with Gasteiger partial charge in [-0.2, -0.15) is 0 Å². The zero-order valence-electron chi connectivity index (χ0n) is 21.0. The molecule has 194 valence electrons. The molecule has 5 rings (SSSR count). The molecule has 1 aliphatic heterocycles. The molecule has 0 radical (unpaired) electrons. The number of thiocarbonyl (C=S) groups is 1. The number of benzene rings is 2. The summed E-state index contributed by atoms with van der Waals surface area (Å²) in [7, 11) is 0. The zero-order valence-corrected chi connectivity index (χ0v) is 21.8. The van der Waals surface area contributed by atoms with Gasteiger partial charge in [0, 0.05) is 36.2 Å². The predicted molar refractivity (Wildman–Crippen MR) is 147 cm³/mol. The van der Waals surface area contributed by atoms with Crippen molar-refractivity contribution in [3.63, 3.8) is 0 Å². The van der Waals surface area contributed by atoms with Crippen LogP contribution in [0.15, 0.2) is 79.0 Å². The van der Waals surface area contributed by atoms with Crippen LogP contribution in [0.25, 0.3) is 5.69 Å². The van der Waals surface area contributed by atoms with Crippen molar-refractivity contribution in [3.05, 3.63) is 113 Å². The predicted octanol–water partition coefficient (Wildman–Crippen LogP) is 5.77. The first kappa shape index (κ1) is 25.5. The maximum absolute atomic E-state index is 14.1. The highest BCUT2D eigenvalue weighted by Crippen LogP contribution is 2.41. The van der Waals surface area contributed by atoms with Crippen LogP contribution < -0.4 is 10.6 Å². The van der Waals surface area contributed by atoms with Crippen LogP contribution in [-0.4, -0.2) is 32.0 Å². The van der Waals surface area contributed by atoms with E-state index in [4.69, 9.17) is 12.2 Å². The average Bonchev–Trinajstić information content (AvgIpc) is 3.39. The van der Waals surface area contributed by atoms with Gasteiger partial charge in [-0.15, -0.1) is 0 Å². The molecule has 0 saturated carbocycles. The summed E-state index contributed by atoms with van der Waals surface area (Å²) >= 11 is 5.73. The van der Waals surface area contributed by atoms with Crippen LogP contribution in [0.5, 0.6) is 0 Å². The highest BCUT2D eigenvalue weighted by molar-refractivity contribution is 7.80. The number of halogens is 2. The minimum Gasteiger partial charge on any atom is -0.352 e. The molecule has 6 nitrogen and oxygen atoms in total. The molecule has 4 aromatic rings. The lowest BCUT2D eigenvalue weighted by atomic mass is 9.96. The van der Waals surface area contributed by atoms with Gasteiger partial charge < -0.3 is 20.1 Å². The molecule has 2 aromatic heterocycles. The Morgan fingerprint density at radius 3 is 2.58 bits per heavy atom. The van der Waals surface area contributed by atoms with E-state index in [9.17, 15) is 13.6 Å². The number of pyridine rings is 1. The third-order valence-corrected chi connectivity index (χ3v) is 7.13. The number of nitrogens with one attached hydrogen (secondary N) is 2. The molecule has 9 heteroatoms. The van der Waals surface area contributed by atoms with Crippen LogP contribution in [0, 0.1) is 25.5 Å². The fraction of sp³-hybridized carbons (Fsp3) is 0.207. The number of amides is 1. The monoisotopic (exact) mass is 531 g/mol. The maximum Gasteiger partial charge on any atom is 0.226 e. The molecule has 1 aliphatic rings. The van der Waals surface area contributed by atoms with Crippen molar-refractivity contribution in [2.45, 2.75) is 32.4 Å². The van der Waals surface area contributed by atoms with Gasteiger partial charge in [0.1, 0.15) is 11.6 Å². The number of hydrogen-bond donors (Lipinski definition) is 2. The summed E-state index contributed by atoms with van der Waals surface area (Å²) in [5.74, 6) is -1.12. The SMILES string of the molecule is Cc1cc([C@H]2[C@@H](c3ccccn3)NC(=S)N2CCC(=O)Nc2ccccc2F)c(C)n1-c1cccc(F)c1. The summed E-state index contributed by atoms with van der Waals surface area (Å²) in [6.07, 6.45) is 1.84. The number of aryl methyl sites for hydroxylation is 1. The second kappa shape index (κ2) is 10.7. The topological polar surface area (TPSA) is 62.2 Å². The second-order valence-corrected chi connectivity index (χ2v) is 9.63. The summed E-state index contributed by atoms with van der Waals surface area (Å²) in [6.45, 7) is 4.28. The Morgan fingerprint density at radius 2 is 1.84 bits per heavy atom. The number of carbonyl (C=O) groups is 1. The minimum atomic E-state index is -0.489. The van der Waals surface area contributed by atoms with Gasteiger partial charge in [0.25, 0.3) is 0 Å². The summed E-state index contributed by atoms with van der Waals surface area (Å²) < 4.78 is 30.1. The number of para-hydroxylation sites is 1. The van der Waals surface area contributed by atoms with Crippen LogP contribution >= 0.6 is 12.2 Å². The van der Waals surface area contributed by atoms with Crippen molar-refractivity contribution in [1.29, 1.82) is 0 Å². The minimum absolute atomic E-state index is 0.101. The first-order valence-corrected chi connectivity index (χ1v) is 12.7. The van der Waals surface area contributed by atoms with Crippen molar-refractivity contribution in [2.24, 2.45) is 0 Å². The Morgan fingerprint density at radius 1 is 1.05 bits per heavy atom. The van der Waals surface area contributed by atoms with Gasteiger partial charge in [0.2, 0.25) is 5.91 Å². The largest absolute Gasteiger partial charge is 0.352 e. The van der Waals surface area contributed by atoms with Crippen LogP contribution in [0.1, 0.15) is 41.1 Å². The van der Waals surface area contributed by atoms with Crippen LogP contribution in [0.3, 0.4) is 0 Å². The second-order valence-electron chi connectivity index (χ2n) is 9.24. The standard InChI is InChI=1S/C29H27F2N5OS/c1-18-16-22(19(2)36(18)21-9-7-8-20(30)17-21)28-27(25-12-5-6-14-32-25)34-29(38)35(28)15-13-26(37)33-24-11-4-3-10-23(24)31/h3-12,14,16-17,27-28H,13,15H2,1-2H3,(H,33,37)(H,34,38)/t27-,28+/m1/s1. The van der Waals surface area contributed by atoms with Gasteiger partial charge in [0.05, 0.1) is 23.5 Å². The van der Waals surface area contributed by atoms with Crippen molar-refractivity contribution in [3.8, 4) is 5.69 Å². The van der Waals surface area contributed by atoms with E-state index in [1.54, 1.807) is 24.4 Å². The van der Waals surface area contributed by atoms with E-state index in [0.717, 1.165) is 28.3 Å². The molecule has 2 aromatic carbocycles. The van der Waals surface area contributed by atoms with Gasteiger partial charge in [0.15, 0.2) is 5.11 Å². The highest BCUT2D eigenvalue weighted by Gasteiger charge is 2.41. The number of aromatic nitrogens is 2. The summed E-state index contributed by atoms with van der Waals surface area (Å²) in [5, 5.41) is 6.53. The highest BCUT2D eigenvalue weighted by atomic mass is 32.1. The number of carbonyl (C=O) groups excluding carboxylic acids is 1. The summed E-state index contributed by atoms with van der Waals surface area (Å²) in [6, 6.07) is 19.8. The maximum atomic E-state index is 14.1. The summed E-state index contributed by atoms with van der Waals surface area (Å²) in [5.41, 5.74) is 4.55. The Kier molecular flexibility index (Phi) is 7.20.